The van der Waals surface area contributed by atoms with Crippen molar-refractivity contribution in [1.29, 1.82) is 0 Å². The van der Waals surface area contributed by atoms with Crippen molar-refractivity contribution in [3.05, 3.63) is 23.8 Å². The Morgan fingerprint density at radius 1 is 1.33 bits per heavy atom. The van der Waals surface area contributed by atoms with E-state index >= 15 is 0 Å². The van der Waals surface area contributed by atoms with E-state index in [4.69, 9.17) is 4.74 Å². The number of hydrogen-bond donors (Lipinski definition) is 1. The van der Waals surface area contributed by atoms with Gasteiger partial charge in [0.05, 0.1) is 18.8 Å². The van der Waals surface area contributed by atoms with Crippen LogP contribution in [0.25, 0.3) is 5.78 Å². The second-order valence-corrected chi connectivity index (χ2v) is 8.04. The molecule has 9 nitrogen and oxygen atoms in total. The number of morpholine rings is 1. The van der Waals surface area contributed by atoms with E-state index in [1.165, 1.54) is 6.33 Å². The number of nitrogens with zero attached hydrogens (tertiary/aromatic N) is 5. The number of hydrogen-bond acceptors (Lipinski definition) is 6. The van der Waals surface area contributed by atoms with Gasteiger partial charge in [-0.25, -0.2) is 9.50 Å². The molecule has 27 heavy (non-hydrogen) atoms. The quantitative estimate of drug-likeness (QED) is 0.860. The molecule has 0 radical (unpaired) electrons. The minimum Gasteiger partial charge on any atom is -0.365 e. The van der Waals surface area contributed by atoms with E-state index in [9.17, 15) is 9.59 Å². The van der Waals surface area contributed by atoms with Gasteiger partial charge in [0.2, 0.25) is 0 Å². The largest absolute Gasteiger partial charge is 0.365 e. The highest BCUT2D eigenvalue weighted by molar-refractivity contribution is 5.93. The molecule has 2 aromatic heterocycles. The van der Waals surface area contributed by atoms with Crippen LogP contribution in [-0.2, 0) is 9.53 Å². The number of fused-ring (bicyclic) bond motifs is 1. The molecule has 1 atom stereocenters. The van der Waals surface area contributed by atoms with E-state index in [2.05, 4.69) is 20.4 Å². The fourth-order valence-electron chi connectivity index (χ4n) is 2.96. The molecule has 2 amide bonds. The first-order valence-electron chi connectivity index (χ1n) is 9.09. The highest BCUT2D eigenvalue weighted by atomic mass is 16.5. The Morgan fingerprint density at radius 3 is 2.74 bits per heavy atom. The van der Waals surface area contributed by atoms with Crippen LogP contribution >= 0.6 is 0 Å². The molecule has 0 aliphatic carbocycles. The molecule has 0 bridgehead atoms. The van der Waals surface area contributed by atoms with Gasteiger partial charge in [0.25, 0.3) is 17.6 Å². The summed E-state index contributed by atoms with van der Waals surface area (Å²) in [4.78, 5) is 35.5. The standard InChI is InChI=1S/C18H26N6O3/c1-11(2)13-8-12(21-17-19-10-20-24(13)17)16(26)23-6-7-27-14(9-23)15(25)22-18(3,4)5/h8,10-11,14H,6-7,9H2,1-5H3,(H,22,25)/t14-/m0/s1. The van der Waals surface area contributed by atoms with Gasteiger partial charge in [-0.1, -0.05) is 13.8 Å². The van der Waals surface area contributed by atoms with Gasteiger partial charge >= 0.3 is 0 Å². The lowest BCUT2D eigenvalue weighted by atomic mass is 10.1. The molecular weight excluding hydrogens is 348 g/mol. The molecule has 146 valence electrons. The van der Waals surface area contributed by atoms with Crippen molar-refractivity contribution in [3.8, 4) is 0 Å². The van der Waals surface area contributed by atoms with Gasteiger partial charge in [0.1, 0.15) is 12.0 Å². The van der Waals surface area contributed by atoms with Crippen molar-refractivity contribution < 1.29 is 14.3 Å². The van der Waals surface area contributed by atoms with Crippen LogP contribution in [0.3, 0.4) is 0 Å². The Morgan fingerprint density at radius 2 is 2.07 bits per heavy atom. The van der Waals surface area contributed by atoms with E-state index in [-0.39, 0.29) is 29.8 Å². The zero-order chi connectivity index (χ0) is 19.8. The summed E-state index contributed by atoms with van der Waals surface area (Å²) in [6, 6.07) is 1.74. The lowest BCUT2D eigenvalue weighted by molar-refractivity contribution is -0.138. The van der Waals surface area contributed by atoms with Crippen molar-refractivity contribution in [2.75, 3.05) is 19.7 Å². The molecule has 0 aromatic carbocycles. The van der Waals surface area contributed by atoms with Crippen LogP contribution in [0.15, 0.2) is 12.4 Å². The monoisotopic (exact) mass is 374 g/mol. The zero-order valence-corrected chi connectivity index (χ0v) is 16.4. The maximum Gasteiger partial charge on any atom is 0.272 e. The van der Waals surface area contributed by atoms with Crippen LogP contribution in [0.2, 0.25) is 0 Å². The lowest BCUT2D eigenvalue weighted by Crippen LogP contribution is -2.54. The summed E-state index contributed by atoms with van der Waals surface area (Å²) >= 11 is 0. The van der Waals surface area contributed by atoms with Crippen molar-refractivity contribution in [3.63, 3.8) is 0 Å². The summed E-state index contributed by atoms with van der Waals surface area (Å²) < 4.78 is 7.21. The molecule has 0 spiro atoms. The first-order valence-corrected chi connectivity index (χ1v) is 9.09. The number of rotatable bonds is 3. The van der Waals surface area contributed by atoms with Gasteiger partial charge in [-0.2, -0.15) is 10.1 Å². The fraction of sp³-hybridized carbons (Fsp3) is 0.611. The Hall–Kier alpha value is -2.55. The van der Waals surface area contributed by atoms with Crippen molar-refractivity contribution >= 4 is 17.6 Å². The molecule has 9 heteroatoms. The SMILES string of the molecule is CC(C)c1cc(C(=O)N2CCO[C@H](C(=O)NC(C)(C)C)C2)nc2ncnn12. The van der Waals surface area contributed by atoms with E-state index in [1.807, 2.05) is 34.6 Å². The first-order chi connectivity index (χ1) is 12.7. The summed E-state index contributed by atoms with van der Waals surface area (Å²) in [7, 11) is 0. The zero-order valence-electron chi connectivity index (χ0n) is 16.4. The van der Waals surface area contributed by atoms with Crippen LogP contribution in [-0.4, -0.2) is 67.6 Å². The summed E-state index contributed by atoms with van der Waals surface area (Å²) in [6.07, 6.45) is 0.729. The molecule has 0 saturated carbocycles. The Kier molecular flexibility index (Phi) is 5.14. The first kappa shape index (κ1) is 19.2. The normalized spacial score (nSPS) is 18.1. The van der Waals surface area contributed by atoms with Gasteiger partial charge in [-0.05, 0) is 32.8 Å². The van der Waals surface area contributed by atoms with Crippen LogP contribution < -0.4 is 5.32 Å². The molecular formula is C18H26N6O3. The van der Waals surface area contributed by atoms with Gasteiger partial charge in [-0.15, -0.1) is 0 Å². The Labute approximate surface area is 158 Å². The molecule has 1 aliphatic heterocycles. The van der Waals surface area contributed by atoms with Gasteiger partial charge in [0.15, 0.2) is 6.10 Å². The number of ether oxygens (including phenoxy) is 1. The van der Waals surface area contributed by atoms with E-state index in [0.717, 1.165) is 5.69 Å². The third-order valence-corrected chi connectivity index (χ3v) is 4.23. The van der Waals surface area contributed by atoms with E-state index < -0.39 is 6.10 Å². The number of carbonyl (C=O) groups is 2. The fourth-order valence-corrected chi connectivity index (χ4v) is 2.96. The van der Waals surface area contributed by atoms with E-state index in [0.29, 0.717) is 24.6 Å². The highest BCUT2D eigenvalue weighted by Crippen LogP contribution is 2.18. The molecule has 0 unspecified atom stereocenters. The summed E-state index contributed by atoms with van der Waals surface area (Å²) in [5.41, 5.74) is 0.798. The number of carbonyl (C=O) groups excluding carboxylic acids is 2. The minimum absolute atomic E-state index is 0.152. The Balaban J connectivity index is 1.81. The molecule has 1 aliphatic rings. The van der Waals surface area contributed by atoms with Gasteiger partial charge < -0.3 is 15.0 Å². The molecule has 1 fully saturated rings. The van der Waals surface area contributed by atoms with Crippen LogP contribution in [0.1, 0.15) is 56.7 Å². The topological polar surface area (TPSA) is 102 Å². The van der Waals surface area contributed by atoms with Gasteiger partial charge in [0, 0.05) is 12.1 Å². The average Bonchev–Trinajstić information content (AvgIpc) is 3.07. The molecule has 2 aromatic rings. The molecule has 3 heterocycles. The summed E-state index contributed by atoms with van der Waals surface area (Å²) in [6.45, 7) is 10.7. The molecule has 3 rings (SSSR count). The predicted octanol–water partition coefficient (Wildman–Crippen LogP) is 1.00. The van der Waals surface area contributed by atoms with Crippen LogP contribution in [0.4, 0.5) is 0 Å². The maximum absolute atomic E-state index is 13.0. The lowest BCUT2D eigenvalue weighted by Gasteiger charge is -2.33. The maximum atomic E-state index is 13.0. The van der Waals surface area contributed by atoms with Gasteiger partial charge in [-0.3, -0.25) is 9.59 Å². The third-order valence-electron chi connectivity index (χ3n) is 4.23. The average molecular weight is 374 g/mol. The Bertz CT molecular complexity index is 854. The molecule has 1 N–H and O–H groups in total. The number of amides is 2. The van der Waals surface area contributed by atoms with Crippen LogP contribution in [0, 0.1) is 0 Å². The number of aromatic nitrogens is 4. The summed E-state index contributed by atoms with van der Waals surface area (Å²) in [5, 5.41) is 7.06. The van der Waals surface area contributed by atoms with Crippen molar-refractivity contribution in [2.45, 2.75) is 52.2 Å². The van der Waals surface area contributed by atoms with Crippen molar-refractivity contribution in [2.24, 2.45) is 0 Å². The smallest absolute Gasteiger partial charge is 0.272 e. The van der Waals surface area contributed by atoms with Crippen molar-refractivity contribution in [1.82, 2.24) is 29.8 Å². The third kappa shape index (κ3) is 4.24. The second-order valence-electron chi connectivity index (χ2n) is 8.04. The second kappa shape index (κ2) is 7.22. The predicted molar refractivity (Wildman–Crippen MR) is 98.4 cm³/mol. The highest BCUT2D eigenvalue weighted by Gasteiger charge is 2.32. The van der Waals surface area contributed by atoms with E-state index in [1.54, 1.807) is 15.5 Å². The summed E-state index contributed by atoms with van der Waals surface area (Å²) in [5.74, 6) is 0.0848. The van der Waals surface area contributed by atoms with Crippen LogP contribution in [0.5, 0.6) is 0 Å². The molecule has 1 saturated heterocycles. The minimum atomic E-state index is -0.691. The number of nitrogens with one attached hydrogen (secondary N) is 1.